The van der Waals surface area contributed by atoms with Gasteiger partial charge < -0.3 is 9.80 Å². The van der Waals surface area contributed by atoms with Crippen LogP contribution in [-0.2, 0) is 4.79 Å². The third-order valence-electron chi connectivity index (χ3n) is 7.07. The summed E-state index contributed by atoms with van der Waals surface area (Å²) in [6.45, 7) is 7.53. The molecule has 2 amide bonds. The minimum Gasteiger partial charge on any atom is -0.342 e. The Morgan fingerprint density at radius 3 is 2.22 bits per heavy atom. The van der Waals surface area contributed by atoms with Crippen molar-refractivity contribution in [2.24, 2.45) is 11.3 Å². The minimum atomic E-state index is 0.131. The van der Waals surface area contributed by atoms with Gasteiger partial charge in [0.05, 0.1) is 0 Å². The van der Waals surface area contributed by atoms with Gasteiger partial charge in [-0.2, -0.15) is 0 Å². The van der Waals surface area contributed by atoms with Crippen LogP contribution in [0.1, 0.15) is 66.4 Å². The van der Waals surface area contributed by atoms with Gasteiger partial charge in [-0.1, -0.05) is 23.6 Å². The van der Waals surface area contributed by atoms with Gasteiger partial charge in [0.1, 0.15) is 0 Å². The molecule has 27 heavy (non-hydrogen) atoms. The van der Waals surface area contributed by atoms with E-state index in [1.54, 1.807) is 0 Å². The van der Waals surface area contributed by atoms with Crippen molar-refractivity contribution in [3.8, 4) is 0 Å². The second-order valence-corrected chi connectivity index (χ2v) is 9.23. The molecule has 0 N–H and O–H groups in total. The second kappa shape index (κ2) is 7.29. The molecule has 0 aromatic heterocycles. The SMILES string of the molecule is Cc1cc(C)cc(C(=O)N2CCC3(CCN(CC4CCC4)C(=O)C3)CC2)c1. The molecule has 3 fully saturated rings. The summed E-state index contributed by atoms with van der Waals surface area (Å²) >= 11 is 0. The lowest BCUT2D eigenvalue weighted by atomic mass is 9.70. The van der Waals surface area contributed by atoms with E-state index in [1.807, 2.05) is 30.9 Å². The van der Waals surface area contributed by atoms with E-state index in [0.717, 1.165) is 68.0 Å². The van der Waals surface area contributed by atoms with Gasteiger partial charge >= 0.3 is 0 Å². The van der Waals surface area contributed by atoms with E-state index in [4.69, 9.17) is 0 Å². The number of hydrogen-bond donors (Lipinski definition) is 0. The summed E-state index contributed by atoms with van der Waals surface area (Å²) in [4.78, 5) is 29.7. The number of carbonyl (C=O) groups excluding carboxylic acids is 2. The van der Waals surface area contributed by atoms with Gasteiger partial charge in [-0.05, 0) is 69.4 Å². The van der Waals surface area contributed by atoms with Crippen molar-refractivity contribution in [1.29, 1.82) is 0 Å². The molecule has 2 aliphatic heterocycles. The Balaban J connectivity index is 1.34. The van der Waals surface area contributed by atoms with Crippen LogP contribution in [0, 0.1) is 25.2 Å². The van der Waals surface area contributed by atoms with Crippen LogP contribution in [0.25, 0.3) is 0 Å². The first-order valence-electron chi connectivity index (χ1n) is 10.6. The van der Waals surface area contributed by atoms with Gasteiger partial charge in [-0.15, -0.1) is 0 Å². The normalized spacial score (nSPS) is 22.8. The molecule has 1 aromatic carbocycles. The average molecular weight is 369 g/mol. The number of carbonyl (C=O) groups is 2. The first-order valence-corrected chi connectivity index (χ1v) is 10.6. The van der Waals surface area contributed by atoms with Crippen molar-refractivity contribution < 1.29 is 9.59 Å². The molecule has 1 spiro atoms. The van der Waals surface area contributed by atoms with E-state index in [-0.39, 0.29) is 11.3 Å². The highest BCUT2D eigenvalue weighted by atomic mass is 16.2. The lowest BCUT2D eigenvalue weighted by Gasteiger charge is -2.47. The molecule has 0 bridgehead atoms. The van der Waals surface area contributed by atoms with Crippen molar-refractivity contribution in [2.75, 3.05) is 26.2 Å². The number of aryl methyl sites for hydroxylation is 2. The molecule has 4 nitrogen and oxygen atoms in total. The summed E-state index contributed by atoms with van der Waals surface area (Å²) in [5.41, 5.74) is 3.20. The molecule has 4 rings (SSSR count). The Kier molecular flexibility index (Phi) is 5.00. The molecule has 3 aliphatic rings. The van der Waals surface area contributed by atoms with Crippen LogP contribution < -0.4 is 0 Å². The molecule has 0 unspecified atom stereocenters. The number of hydrogen-bond acceptors (Lipinski definition) is 2. The van der Waals surface area contributed by atoms with E-state index in [9.17, 15) is 9.59 Å². The van der Waals surface area contributed by atoms with Gasteiger partial charge in [0.15, 0.2) is 0 Å². The molecule has 1 saturated carbocycles. The summed E-state index contributed by atoms with van der Waals surface area (Å²) in [5.74, 6) is 1.24. The fourth-order valence-corrected chi connectivity index (χ4v) is 5.09. The number of benzene rings is 1. The molecule has 0 atom stereocenters. The Hall–Kier alpha value is -1.84. The Morgan fingerprint density at radius 1 is 1.04 bits per heavy atom. The topological polar surface area (TPSA) is 40.6 Å². The number of likely N-dealkylation sites (tertiary alicyclic amines) is 2. The zero-order valence-electron chi connectivity index (χ0n) is 16.8. The summed E-state index contributed by atoms with van der Waals surface area (Å²) in [5, 5.41) is 0. The van der Waals surface area contributed by atoms with E-state index >= 15 is 0 Å². The van der Waals surface area contributed by atoms with E-state index in [2.05, 4.69) is 11.0 Å². The zero-order chi connectivity index (χ0) is 19.0. The van der Waals surface area contributed by atoms with Crippen LogP contribution in [0.5, 0.6) is 0 Å². The van der Waals surface area contributed by atoms with Gasteiger partial charge in [0.25, 0.3) is 5.91 Å². The highest BCUT2D eigenvalue weighted by molar-refractivity contribution is 5.94. The maximum absolute atomic E-state index is 12.9. The fourth-order valence-electron chi connectivity index (χ4n) is 5.09. The molecular formula is C23H32N2O2. The quantitative estimate of drug-likeness (QED) is 0.810. The molecule has 2 saturated heterocycles. The molecule has 1 aromatic rings. The van der Waals surface area contributed by atoms with Gasteiger partial charge in [0.2, 0.25) is 5.91 Å². The van der Waals surface area contributed by atoms with E-state index < -0.39 is 0 Å². The number of rotatable bonds is 3. The smallest absolute Gasteiger partial charge is 0.253 e. The largest absolute Gasteiger partial charge is 0.342 e. The van der Waals surface area contributed by atoms with E-state index in [0.29, 0.717) is 12.3 Å². The van der Waals surface area contributed by atoms with Gasteiger partial charge in [0, 0.05) is 38.2 Å². The van der Waals surface area contributed by atoms with E-state index in [1.165, 1.54) is 19.3 Å². The summed E-state index contributed by atoms with van der Waals surface area (Å²) in [6.07, 6.45) is 7.65. The predicted octanol–water partition coefficient (Wildman–Crippen LogP) is 3.95. The Bertz CT molecular complexity index is 710. The first-order chi connectivity index (χ1) is 12.9. The van der Waals surface area contributed by atoms with Crippen molar-refractivity contribution in [3.63, 3.8) is 0 Å². The van der Waals surface area contributed by atoms with Crippen LogP contribution in [0.2, 0.25) is 0 Å². The minimum absolute atomic E-state index is 0.131. The van der Waals surface area contributed by atoms with Gasteiger partial charge in [-0.3, -0.25) is 9.59 Å². The van der Waals surface area contributed by atoms with Crippen molar-refractivity contribution in [3.05, 3.63) is 34.9 Å². The summed E-state index contributed by atoms with van der Waals surface area (Å²) in [7, 11) is 0. The van der Waals surface area contributed by atoms with Crippen LogP contribution in [0.3, 0.4) is 0 Å². The molecule has 4 heteroatoms. The Morgan fingerprint density at radius 2 is 1.67 bits per heavy atom. The lowest BCUT2D eigenvalue weighted by molar-refractivity contribution is -0.140. The third-order valence-corrected chi connectivity index (χ3v) is 7.07. The highest BCUT2D eigenvalue weighted by Gasteiger charge is 2.42. The molecule has 1 aliphatic carbocycles. The molecule has 0 radical (unpaired) electrons. The van der Waals surface area contributed by atoms with Crippen LogP contribution in [-0.4, -0.2) is 47.8 Å². The van der Waals surface area contributed by atoms with Gasteiger partial charge in [-0.25, -0.2) is 0 Å². The Labute approximate surface area is 162 Å². The summed E-state index contributed by atoms with van der Waals surface area (Å²) in [6, 6.07) is 6.08. The third kappa shape index (κ3) is 3.90. The molecule has 146 valence electrons. The van der Waals surface area contributed by atoms with Crippen molar-refractivity contribution in [2.45, 2.75) is 58.8 Å². The number of piperidine rings is 2. The average Bonchev–Trinajstić information content (AvgIpc) is 2.59. The fraction of sp³-hybridized carbons (Fsp3) is 0.652. The van der Waals surface area contributed by atoms with Crippen molar-refractivity contribution >= 4 is 11.8 Å². The predicted molar refractivity (Wildman–Crippen MR) is 107 cm³/mol. The molecule has 2 heterocycles. The summed E-state index contributed by atoms with van der Waals surface area (Å²) < 4.78 is 0. The molecular weight excluding hydrogens is 336 g/mol. The number of nitrogens with zero attached hydrogens (tertiary/aromatic N) is 2. The second-order valence-electron chi connectivity index (χ2n) is 9.23. The van der Waals surface area contributed by atoms with Crippen LogP contribution >= 0.6 is 0 Å². The highest BCUT2D eigenvalue weighted by Crippen LogP contribution is 2.42. The number of amides is 2. The lowest BCUT2D eigenvalue weighted by Crippen LogP contribution is -2.51. The maximum atomic E-state index is 12.9. The standard InChI is InChI=1S/C23H32N2O2/c1-17-12-18(2)14-20(13-17)22(27)24-9-6-23(7-10-24)8-11-25(21(26)15-23)16-19-4-3-5-19/h12-14,19H,3-11,15-16H2,1-2H3. The first kappa shape index (κ1) is 18.5. The monoisotopic (exact) mass is 368 g/mol. The zero-order valence-corrected chi connectivity index (χ0v) is 16.8. The van der Waals surface area contributed by atoms with Crippen LogP contribution in [0.15, 0.2) is 18.2 Å². The maximum Gasteiger partial charge on any atom is 0.253 e. The van der Waals surface area contributed by atoms with Crippen molar-refractivity contribution in [1.82, 2.24) is 9.80 Å². The van der Waals surface area contributed by atoms with Crippen LogP contribution in [0.4, 0.5) is 0 Å².